The van der Waals surface area contributed by atoms with Gasteiger partial charge in [0.25, 0.3) is 5.69 Å². The van der Waals surface area contributed by atoms with E-state index in [4.69, 9.17) is 9.47 Å². The van der Waals surface area contributed by atoms with E-state index in [-0.39, 0.29) is 29.4 Å². The molecule has 0 aromatic heterocycles. The second-order valence-electron chi connectivity index (χ2n) is 8.95. The van der Waals surface area contributed by atoms with Crippen molar-refractivity contribution in [2.45, 2.75) is 32.8 Å². The van der Waals surface area contributed by atoms with Gasteiger partial charge in [-0.25, -0.2) is 4.79 Å². The summed E-state index contributed by atoms with van der Waals surface area (Å²) in [6.45, 7) is 3.50. The highest BCUT2D eigenvalue weighted by Gasteiger charge is 2.47. The van der Waals surface area contributed by atoms with Crippen LogP contribution < -0.4 is 5.32 Å². The molecule has 0 spiro atoms. The Morgan fingerprint density at radius 2 is 1.86 bits per heavy atom. The van der Waals surface area contributed by atoms with Crippen LogP contribution in [0.2, 0.25) is 0 Å². The smallest absolute Gasteiger partial charge is 0.337 e. The number of nitro groups is 1. The fourth-order valence-corrected chi connectivity index (χ4v) is 4.90. The van der Waals surface area contributed by atoms with Crippen molar-refractivity contribution >= 4 is 23.4 Å². The number of nitro benzene ring substituents is 1. The van der Waals surface area contributed by atoms with Crippen molar-refractivity contribution < 1.29 is 28.8 Å². The quantitative estimate of drug-likeness (QED) is 0.279. The molecule has 0 amide bonds. The highest BCUT2D eigenvalue weighted by atomic mass is 16.6. The van der Waals surface area contributed by atoms with Crippen molar-refractivity contribution in [1.82, 2.24) is 5.32 Å². The number of ketones is 1. The Kier molecular flexibility index (Phi) is 7.00. The number of rotatable bonds is 6. The average molecular weight is 491 g/mol. The van der Waals surface area contributed by atoms with E-state index in [2.05, 4.69) is 5.32 Å². The number of dihydropyridines is 1. The van der Waals surface area contributed by atoms with Crippen molar-refractivity contribution in [3.8, 4) is 0 Å². The number of hydrogen-bond donors (Lipinski definition) is 1. The number of allylic oxidation sites excluding steroid dienone is 3. The van der Waals surface area contributed by atoms with E-state index in [0.29, 0.717) is 23.4 Å². The molecule has 0 fully saturated rings. The fourth-order valence-electron chi connectivity index (χ4n) is 4.90. The van der Waals surface area contributed by atoms with Gasteiger partial charge in [0.2, 0.25) is 0 Å². The molecule has 2 aliphatic rings. The maximum atomic E-state index is 13.7. The van der Waals surface area contributed by atoms with Crippen LogP contribution in [0.15, 0.2) is 77.1 Å². The number of esters is 2. The number of hydrogen-bond acceptors (Lipinski definition) is 8. The molecule has 3 atom stereocenters. The molecule has 36 heavy (non-hydrogen) atoms. The molecular formula is C27H26N2O7. The van der Waals surface area contributed by atoms with Crippen LogP contribution in [-0.2, 0) is 30.5 Å². The summed E-state index contributed by atoms with van der Waals surface area (Å²) < 4.78 is 10.5. The topological polar surface area (TPSA) is 125 Å². The number of carbonyl (C=O) groups excluding carboxylic acids is 3. The largest absolute Gasteiger partial charge is 0.468 e. The molecule has 4 rings (SSSR count). The van der Waals surface area contributed by atoms with E-state index in [1.807, 2.05) is 30.3 Å². The maximum Gasteiger partial charge on any atom is 0.337 e. The summed E-state index contributed by atoms with van der Waals surface area (Å²) in [5.41, 5.74) is 2.45. The van der Waals surface area contributed by atoms with Crippen molar-refractivity contribution in [3.05, 3.63) is 98.4 Å². The van der Waals surface area contributed by atoms with Gasteiger partial charge in [-0.3, -0.25) is 19.7 Å². The standard InChI is InChI=1S/C27H26N2O7/c1-15-12-20-24(25(30)21(15)26(31)35-3)23(18-10-7-11-19(13-18)29(33)34)22(16(2)28-20)27(32)36-14-17-8-5-4-6-9-17/h4-11,13,15,21,23,28H,12,14H2,1-3H3/t15-,21-,23-/m0/s1. The minimum atomic E-state index is -1.04. The summed E-state index contributed by atoms with van der Waals surface area (Å²) in [7, 11) is 1.22. The molecule has 1 aliphatic heterocycles. The summed E-state index contributed by atoms with van der Waals surface area (Å²) in [5, 5.41) is 14.7. The van der Waals surface area contributed by atoms with Crippen LogP contribution in [0.1, 0.15) is 37.3 Å². The van der Waals surface area contributed by atoms with Crippen LogP contribution in [0.25, 0.3) is 0 Å². The summed E-state index contributed by atoms with van der Waals surface area (Å²) in [6, 6.07) is 15.0. The van der Waals surface area contributed by atoms with Gasteiger partial charge in [0, 0.05) is 35.0 Å². The SMILES string of the molecule is COC(=O)[C@@H]1C(=O)C2=C(C[C@@H]1C)NC(C)=C(C(=O)OCc1ccccc1)[C@@H]2c1cccc([N+](=O)[O-])c1. The van der Waals surface area contributed by atoms with Crippen molar-refractivity contribution in [1.29, 1.82) is 0 Å². The Bertz CT molecular complexity index is 1300. The fraction of sp³-hybridized carbons (Fsp3) is 0.296. The molecule has 1 aliphatic carbocycles. The van der Waals surface area contributed by atoms with Crippen LogP contribution in [0.4, 0.5) is 5.69 Å². The zero-order valence-corrected chi connectivity index (χ0v) is 20.1. The molecule has 0 radical (unpaired) electrons. The highest BCUT2D eigenvalue weighted by Crippen LogP contribution is 2.46. The van der Waals surface area contributed by atoms with Crippen LogP contribution in [-0.4, -0.2) is 29.8 Å². The number of Topliss-reactive ketones (excluding diaryl/α,β-unsaturated/α-hetero) is 1. The molecule has 186 valence electrons. The Labute approximate surface area is 207 Å². The Morgan fingerprint density at radius 1 is 1.14 bits per heavy atom. The predicted molar refractivity (Wildman–Crippen MR) is 129 cm³/mol. The molecule has 0 bridgehead atoms. The van der Waals surface area contributed by atoms with E-state index in [9.17, 15) is 24.5 Å². The minimum Gasteiger partial charge on any atom is -0.468 e. The molecule has 9 heteroatoms. The molecule has 0 saturated carbocycles. The third kappa shape index (κ3) is 4.64. The first-order chi connectivity index (χ1) is 17.2. The minimum absolute atomic E-state index is 0.0137. The van der Waals surface area contributed by atoms with Gasteiger partial charge in [0.1, 0.15) is 12.5 Å². The summed E-state index contributed by atoms with van der Waals surface area (Å²) in [6.07, 6.45) is 0.371. The van der Waals surface area contributed by atoms with Crippen molar-refractivity contribution in [2.24, 2.45) is 11.8 Å². The molecule has 0 unspecified atom stereocenters. The summed E-state index contributed by atoms with van der Waals surface area (Å²) >= 11 is 0. The lowest BCUT2D eigenvalue weighted by atomic mass is 9.69. The van der Waals surface area contributed by atoms with E-state index in [1.165, 1.54) is 25.3 Å². The Morgan fingerprint density at radius 3 is 2.53 bits per heavy atom. The molecular weight excluding hydrogens is 464 g/mol. The number of nitrogens with one attached hydrogen (secondary N) is 1. The monoisotopic (exact) mass is 490 g/mol. The molecule has 0 saturated heterocycles. The Hall–Kier alpha value is -4.27. The van der Waals surface area contributed by atoms with Crippen LogP contribution >= 0.6 is 0 Å². The van der Waals surface area contributed by atoms with Crippen LogP contribution in [0.5, 0.6) is 0 Å². The number of methoxy groups -OCH3 is 1. The van der Waals surface area contributed by atoms with Gasteiger partial charge in [-0.1, -0.05) is 49.4 Å². The van der Waals surface area contributed by atoms with Gasteiger partial charge in [0.15, 0.2) is 5.78 Å². The zero-order chi connectivity index (χ0) is 26.0. The van der Waals surface area contributed by atoms with Crippen LogP contribution in [0.3, 0.4) is 0 Å². The second-order valence-corrected chi connectivity index (χ2v) is 8.95. The highest BCUT2D eigenvalue weighted by molar-refractivity contribution is 6.12. The van der Waals surface area contributed by atoms with E-state index in [1.54, 1.807) is 19.9 Å². The van der Waals surface area contributed by atoms with Crippen molar-refractivity contribution in [2.75, 3.05) is 7.11 Å². The van der Waals surface area contributed by atoms with Crippen molar-refractivity contribution in [3.63, 3.8) is 0 Å². The predicted octanol–water partition coefficient (Wildman–Crippen LogP) is 3.95. The number of ether oxygens (including phenoxy) is 2. The zero-order valence-electron chi connectivity index (χ0n) is 20.1. The second kappa shape index (κ2) is 10.2. The number of nitrogens with zero attached hydrogens (tertiary/aromatic N) is 1. The van der Waals surface area contributed by atoms with Crippen LogP contribution in [0, 0.1) is 22.0 Å². The summed E-state index contributed by atoms with van der Waals surface area (Å²) in [4.78, 5) is 50.6. The van der Waals surface area contributed by atoms with Gasteiger partial charge < -0.3 is 14.8 Å². The van der Waals surface area contributed by atoms with E-state index >= 15 is 0 Å². The normalized spacial score (nSPS) is 21.4. The lowest BCUT2D eigenvalue weighted by Crippen LogP contribution is -2.43. The lowest BCUT2D eigenvalue weighted by molar-refractivity contribution is -0.384. The van der Waals surface area contributed by atoms with E-state index < -0.39 is 34.5 Å². The lowest BCUT2D eigenvalue weighted by Gasteiger charge is -2.38. The first kappa shape index (κ1) is 24.8. The molecule has 1 heterocycles. The Balaban J connectivity index is 1.80. The average Bonchev–Trinajstić information content (AvgIpc) is 2.86. The number of benzene rings is 2. The van der Waals surface area contributed by atoms with E-state index in [0.717, 1.165) is 5.56 Å². The summed E-state index contributed by atoms with van der Waals surface area (Å²) in [5.74, 6) is -4.11. The van der Waals surface area contributed by atoms with Gasteiger partial charge in [-0.2, -0.15) is 0 Å². The molecule has 9 nitrogen and oxygen atoms in total. The third-order valence-corrected chi connectivity index (χ3v) is 6.59. The van der Waals surface area contributed by atoms with Gasteiger partial charge >= 0.3 is 11.9 Å². The number of non-ortho nitro benzene ring substituents is 1. The number of carbonyl (C=O) groups is 3. The molecule has 1 N–H and O–H groups in total. The third-order valence-electron chi connectivity index (χ3n) is 6.59. The van der Waals surface area contributed by atoms with Gasteiger partial charge in [-0.15, -0.1) is 0 Å². The maximum absolute atomic E-state index is 13.7. The first-order valence-corrected chi connectivity index (χ1v) is 11.5. The van der Waals surface area contributed by atoms with Gasteiger partial charge in [0.05, 0.1) is 17.6 Å². The molecule has 2 aromatic rings. The molecule has 2 aromatic carbocycles. The first-order valence-electron chi connectivity index (χ1n) is 11.5. The van der Waals surface area contributed by atoms with Gasteiger partial charge in [-0.05, 0) is 30.4 Å².